The van der Waals surface area contributed by atoms with E-state index in [4.69, 9.17) is 0 Å². The molecule has 1 atom stereocenters. The molecule has 0 aromatic heterocycles. The van der Waals surface area contributed by atoms with Crippen molar-refractivity contribution in [1.82, 2.24) is 0 Å². The Labute approximate surface area is 137 Å². The van der Waals surface area contributed by atoms with Crippen LogP contribution in [0, 0.1) is 5.41 Å². The summed E-state index contributed by atoms with van der Waals surface area (Å²) in [7, 11) is 6.17. The van der Waals surface area contributed by atoms with E-state index in [1.54, 1.807) is 0 Å². The van der Waals surface area contributed by atoms with Crippen LogP contribution in [0.25, 0.3) is 0 Å². The molecule has 22 heavy (non-hydrogen) atoms. The molecule has 0 radical (unpaired) electrons. The highest BCUT2D eigenvalue weighted by Crippen LogP contribution is 2.52. The smallest absolute Gasteiger partial charge is 0.366 e. The third-order valence-corrected chi connectivity index (χ3v) is 6.36. The fraction of sp³-hybridized carbons (Fsp3) is 0.947. The number of nitrogens with zero attached hydrogens (tertiary/aromatic N) is 1. The van der Waals surface area contributed by atoms with Gasteiger partial charge in [0.2, 0.25) is 0 Å². The summed E-state index contributed by atoms with van der Waals surface area (Å²) < 4.78 is 0.511. The number of carboxylic acid groups (broad SMARTS) is 1. The van der Waals surface area contributed by atoms with Crippen molar-refractivity contribution < 1.29 is 14.4 Å². The summed E-state index contributed by atoms with van der Waals surface area (Å²) in [6, 6.07) is 0. The van der Waals surface area contributed by atoms with Crippen LogP contribution in [0.1, 0.15) is 84.5 Å². The van der Waals surface area contributed by atoms with Gasteiger partial charge in [-0.3, -0.25) is 0 Å². The minimum atomic E-state index is -0.696. The normalized spacial score (nSPS) is 21.3. The lowest BCUT2D eigenvalue weighted by molar-refractivity contribution is -0.921. The zero-order valence-electron chi connectivity index (χ0n) is 15.6. The van der Waals surface area contributed by atoms with E-state index in [0.29, 0.717) is 4.48 Å². The molecule has 0 heterocycles. The summed E-state index contributed by atoms with van der Waals surface area (Å²) in [5.41, 5.74) is -0.736. The Balaban J connectivity index is 2.96. The number of quaternary nitrogens is 1. The molecule has 0 saturated heterocycles. The van der Waals surface area contributed by atoms with Crippen LogP contribution in [0.15, 0.2) is 0 Å². The van der Waals surface area contributed by atoms with Gasteiger partial charge in [-0.15, -0.1) is 0 Å². The number of rotatable bonds is 9. The number of hydrogen-bond donors (Lipinski definition) is 1. The maximum Gasteiger partial charge on any atom is 0.366 e. The monoisotopic (exact) mass is 312 g/mol. The van der Waals surface area contributed by atoms with Crippen LogP contribution in [-0.2, 0) is 4.79 Å². The van der Waals surface area contributed by atoms with Crippen molar-refractivity contribution in [3.63, 3.8) is 0 Å². The Bertz CT molecular complexity index is 353. The van der Waals surface area contributed by atoms with Crippen molar-refractivity contribution >= 4 is 5.97 Å². The third kappa shape index (κ3) is 3.84. The number of aliphatic carboxylic acids is 1. The topological polar surface area (TPSA) is 37.3 Å². The number of likely N-dealkylation sites (N-methyl/N-ethyl adjacent to an activating group) is 1. The first kappa shape index (κ1) is 19.5. The van der Waals surface area contributed by atoms with E-state index in [2.05, 4.69) is 28.1 Å². The first-order chi connectivity index (χ1) is 10.2. The molecule has 0 amide bonds. The van der Waals surface area contributed by atoms with Gasteiger partial charge in [-0.2, -0.15) is 0 Å². The lowest BCUT2D eigenvalue weighted by Gasteiger charge is -2.54. The van der Waals surface area contributed by atoms with Gasteiger partial charge in [0.05, 0.1) is 21.1 Å². The molecule has 130 valence electrons. The van der Waals surface area contributed by atoms with Crippen LogP contribution < -0.4 is 0 Å². The Morgan fingerprint density at radius 3 is 2.05 bits per heavy atom. The summed E-state index contributed by atoms with van der Waals surface area (Å²) in [5.74, 6) is -0.615. The zero-order valence-corrected chi connectivity index (χ0v) is 15.6. The molecule has 1 aliphatic rings. The highest BCUT2D eigenvalue weighted by Gasteiger charge is 2.61. The molecule has 0 bridgehead atoms. The van der Waals surface area contributed by atoms with Crippen molar-refractivity contribution in [3.8, 4) is 0 Å². The minimum Gasteiger partial charge on any atom is -0.477 e. The van der Waals surface area contributed by atoms with Crippen molar-refractivity contribution in [3.05, 3.63) is 0 Å². The molecule has 1 fully saturated rings. The minimum absolute atomic E-state index is 0.0401. The van der Waals surface area contributed by atoms with E-state index >= 15 is 0 Å². The van der Waals surface area contributed by atoms with Gasteiger partial charge in [0, 0.05) is 12.3 Å². The largest absolute Gasteiger partial charge is 0.477 e. The van der Waals surface area contributed by atoms with Crippen LogP contribution in [0.5, 0.6) is 0 Å². The average Bonchev–Trinajstić information content (AvgIpc) is 2.45. The maximum absolute atomic E-state index is 12.3. The van der Waals surface area contributed by atoms with Gasteiger partial charge >= 0.3 is 5.97 Å². The molecule has 0 aromatic carbocycles. The standard InChI is InChI=1S/C19H37NO2/c1-6-7-8-9-11-14-19(15-12-10-13-16-19)18(2,17(21)22)20(3,4)5/h6-16H2,1-5H3/p+1. The Morgan fingerprint density at radius 1 is 1.05 bits per heavy atom. The highest BCUT2D eigenvalue weighted by molar-refractivity contribution is 5.78. The Morgan fingerprint density at radius 2 is 1.59 bits per heavy atom. The van der Waals surface area contributed by atoms with Crippen molar-refractivity contribution in [1.29, 1.82) is 0 Å². The number of unbranched alkanes of at least 4 members (excludes halogenated alkanes) is 4. The maximum atomic E-state index is 12.3. The Kier molecular flexibility index (Phi) is 6.91. The van der Waals surface area contributed by atoms with E-state index in [1.807, 2.05) is 6.92 Å². The van der Waals surface area contributed by atoms with E-state index < -0.39 is 11.5 Å². The predicted octanol–water partition coefficient (Wildman–Crippen LogP) is 4.85. The summed E-state index contributed by atoms with van der Waals surface area (Å²) in [6.45, 7) is 4.24. The van der Waals surface area contributed by atoms with E-state index in [-0.39, 0.29) is 5.41 Å². The van der Waals surface area contributed by atoms with Crippen molar-refractivity contribution in [2.24, 2.45) is 5.41 Å². The molecule has 0 spiro atoms. The first-order valence-electron chi connectivity index (χ1n) is 9.26. The summed E-state index contributed by atoms with van der Waals surface area (Å²) in [4.78, 5) is 12.3. The Hall–Kier alpha value is -0.570. The van der Waals surface area contributed by atoms with Gasteiger partial charge in [0.15, 0.2) is 5.54 Å². The molecule has 1 unspecified atom stereocenters. The quantitative estimate of drug-likeness (QED) is 0.488. The van der Waals surface area contributed by atoms with Gasteiger partial charge in [0.25, 0.3) is 0 Å². The number of carbonyl (C=O) groups is 1. The van der Waals surface area contributed by atoms with Gasteiger partial charge in [0.1, 0.15) is 0 Å². The van der Waals surface area contributed by atoms with Gasteiger partial charge in [-0.25, -0.2) is 4.79 Å². The second kappa shape index (κ2) is 7.81. The van der Waals surface area contributed by atoms with Gasteiger partial charge < -0.3 is 9.59 Å². The van der Waals surface area contributed by atoms with Gasteiger partial charge in [-0.1, -0.05) is 58.3 Å². The van der Waals surface area contributed by atoms with E-state index in [0.717, 1.165) is 19.3 Å². The van der Waals surface area contributed by atoms with Crippen LogP contribution in [-0.4, -0.2) is 42.2 Å². The average molecular weight is 313 g/mol. The number of hydrogen-bond acceptors (Lipinski definition) is 1. The molecule has 1 aliphatic carbocycles. The molecular weight excluding hydrogens is 274 g/mol. The van der Waals surface area contributed by atoms with Crippen LogP contribution in [0.3, 0.4) is 0 Å². The zero-order chi connectivity index (χ0) is 16.9. The fourth-order valence-corrected chi connectivity index (χ4v) is 4.50. The van der Waals surface area contributed by atoms with E-state index in [9.17, 15) is 9.90 Å². The first-order valence-corrected chi connectivity index (χ1v) is 9.26. The third-order valence-electron chi connectivity index (χ3n) is 6.36. The summed E-state index contributed by atoms with van der Waals surface area (Å²) in [5, 5.41) is 10.1. The molecule has 3 nitrogen and oxygen atoms in total. The molecular formula is C19H38NO2+. The second-order valence-corrected chi connectivity index (χ2v) is 8.40. The number of carboxylic acids is 1. The molecule has 0 aromatic rings. The van der Waals surface area contributed by atoms with Crippen molar-refractivity contribution in [2.75, 3.05) is 21.1 Å². The van der Waals surface area contributed by atoms with Crippen LogP contribution in [0.4, 0.5) is 0 Å². The summed E-state index contributed by atoms with van der Waals surface area (Å²) >= 11 is 0. The lowest BCUT2D eigenvalue weighted by atomic mass is 9.58. The fourth-order valence-electron chi connectivity index (χ4n) is 4.50. The van der Waals surface area contributed by atoms with Crippen LogP contribution in [0.2, 0.25) is 0 Å². The van der Waals surface area contributed by atoms with E-state index in [1.165, 1.54) is 51.4 Å². The van der Waals surface area contributed by atoms with Crippen molar-refractivity contribution in [2.45, 2.75) is 90.0 Å². The second-order valence-electron chi connectivity index (χ2n) is 8.40. The van der Waals surface area contributed by atoms with Crippen LogP contribution >= 0.6 is 0 Å². The highest BCUT2D eigenvalue weighted by atomic mass is 16.4. The van der Waals surface area contributed by atoms with Gasteiger partial charge in [-0.05, 0) is 19.3 Å². The summed E-state index contributed by atoms with van der Waals surface area (Å²) in [6.07, 6.45) is 13.2. The molecule has 1 rings (SSSR count). The lowest BCUT2D eigenvalue weighted by Crippen LogP contribution is -2.69. The molecule has 1 saturated carbocycles. The molecule has 1 N–H and O–H groups in total. The molecule has 3 heteroatoms. The SMILES string of the molecule is CCCCCCCC1(C(C)(C(=O)O)[N+](C)(C)C)CCCCC1. The predicted molar refractivity (Wildman–Crippen MR) is 93.0 cm³/mol. The molecule has 0 aliphatic heterocycles.